The fourth-order valence-corrected chi connectivity index (χ4v) is 2.58. The highest BCUT2D eigenvalue weighted by atomic mass is 16.5. The second-order valence-electron chi connectivity index (χ2n) is 5.23. The molecule has 0 fully saturated rings. The zero-order valence-electron chi connectivity index (χ0n) is 12.6. The third-order valence-corrected chi connectivity index (χ3v) is 3.95. The highest BCUT2D eigenvalue weighted by Crippen LogP contribution is 2.40. The zero-order valence-corrected chi connectivity index (χ0v) is 12.6. The summed E-state index contributed by atoms with van der Waals surface area (Å²) in [7, 11) is 0. The summed E-state index contributed by atoms with van der Waals surface area (Å²) in [4.78, 5) is 25.9. The lowest BCUT2D eigenvalue weighted by Gasteiger charge is -2.41. The van der Waals surface area contributed by atoms with Gasteiger partial charge in [-0.1, -0.05) is 19.9 Å². The Morgan fingerprint density at radius 3 is 2.62 bits per heavy atom. The van der Waals surface area contributed by atoms with Gasteiger partial charge in [-0.2, -0.15) is 0 Å². The van der Waals surface area contributed by atoms with Crippen molar-refractivity contribution in [1.82, 2.24) is 5.43 Å². The number of rotatable bonds is 4. The van der Waals surface area contributed by atoms with E-state index in [9.17, 15) is 9.59 Å². The number of ether oxygens (including phenoxy) is 1. The van der Waals surface area contributed by atoms with Gasteiger partial charge in [-0.25, -0.2) is 5.84 Å². The Morgan fingerprint density at radius 2 is 2.05 bits per heavy atom. The molecule has 0 saturated heterocycles. The van der Waals surface area contributed by atoms with Gasteiger partial charge in [0.2, 0.25) is 0 Å². The third kappa shape index (κ3) is 2.58. The molecule has 6 nitrogen and oxygen atoms in total. The van der Waals surface area contributed by atoms with Gasteiger partial charge in [0.15, 0.2) is 5.60 Å². The molecule has 0 radical (unpaired) electrons. The molecule has 0 aliphatic carbocycles. The average molecular weight is 291 g/mol. The van der Waals surface area contributed by atoms with Gasteiger partial charge in [-0.15, -0.1) is 0 Å². The molecule has 0 aromatic heterocycles. The van der Waals surface area contributed by atoms with Crippen LogP contribution in [0.15, 0.2) is 18.2 Å². The molecule has 0 atom stereocenters. The van der Waals surface area contributed by atoms with Crippen LogP contribution in [0, 0.1) is 6.92 Å². The molecule has 114 valence electrons. The standard InChI is InChI=1S/C15H21N3O3/c1-4-15(5-2)14(20)18(9-13(19)17-16)11-8-10(3)6-7-12(11)21-15/h6-8H,4-5,9,16H2,1-3H3,(H,17,19). The summed E-state index contributed by atoms with van der Waals surface area (Å²) < 4.78 is 5.98. The molecule has 1 aromatic rings. The number of carbonyl (C=O) groups excluding carboxylic acids is 2. The fraction of sp³-hybridized carbons (Fsp3) is 0.467. The van der Waals surface area contributed by atoms with Crippen molar-refractivity contribution in [2.45, 2.75) is 39.2 Å². The van der Waals surface area contributed by atoms with E-state index in [2.05, 4.69) is 5.43 Å². The minimum atomic E-state index is -0.920. The molecule has 21 heavy (non-hydrogen) atoms. The van der Waals surface area contributed by atoms with Crippen molar-refractivity contribution in [2.24, 2.45) is 5.84 Å². The molecular weight excluding hydrogens is 270 g/mol. The number of nitrogens with one attached hydrogen (secondary N) is 1. The van der Waals surface area contributed by atoms with Crippen LogP contribution in [-0.4, -0.2) is 24.0 Å². The molecular formula is C15H21N3O3. The molecule has 1 aromatic carbocycles. The van der Waals surface area contributed by atoms with Crippen molar-refractivity contribution in [3.63, 3.8) is 0 Å². The Hall–Kier alpha value is -2.08. The monoisotopic (exact) mass is 291 g/mol. The first-order chi connectivity index (χ1) is 9.97. The number of nitrogens with two attached hydrogens (primary N) is 1. The van der Waals surface area contributed by atoms with Gasteiger partial charge in [0, 0.05) is 0 Å². The van der Waals surface area contributed by atoms with Gasteiger partial charge >= 0.3 is 0 Å². The Morgan fingerprint density at radius 1 is 1.38 bits per heavy atom. The van der Waals surface area contributed by atoms with Crippen molar-refractivity contribution >= 4 is 17.5 Å². The van der Waals surface area contributed by atoms with Crippen molar-refractivity contribution < 1.29 is 14.3 Å². The lowest BCUT2D eigenvalue weighted by atomic mass is 9.92. The van der Waals surface area contributed by atoms with Crippen LogP contribution in [0.2, 0.25) is 0 Å². The second kappa shape index (κ2) is 5.73. The van der Waals surface area contributed by atoms with E-state index in [0.717, 1.165) is 5.56 Å². The van der Waals surface area contributed by atoms with E-state index in [1.165, 1.54) is 4.90 Å². The van der Waals surface area contributed by atoms with E-state index in [1.54, 1.807) is 0 Å². The van der Waals surface area contributed by atoms with E-state index in [4.69, 9.17) is 10.6 Å². The number of nitrogens with zero attached hydrogens (tertiary/aromatic N) is 1. The molecule has 0 bridgehead atoms. The van der Waals surface area contributed by atoms with Crippen molar-refractivity contribution in [3.8, 4) is 5.75 Å². The van der Waals surface area contributed by atoms with Crippen molar-refractivity contribution in [3.05, 3.63) is 23.8 Å². The Labute approximate surface area is 124 Å². The number of carbonyl (C=O) groups is 2. The minimum absolute atomic E-state index is 0.114. The van der Waals surface area contributed by atoms with Crippen LogP contribution in [0.3, 0.4) is 0 Å². The maximum absolute atomic E-state index is 12.8. The predicted octanol–water partition coefficient (Wildman–Crippen LogP) is 1.27. The van der Waals surface area contributed by atoms with E-state index in [-0.39, 0.29) is 12.5 Å². The maximum atomic E-state index is 12.8. The molecule has 1 aliphatic rings. The van der Waals surface area contributed by atoms with Gasteiger partial charge in [0.05, 0.1) is 5.69 Å². The van der Waals surface area contributed by atoms with Gasteiger partial charge < -0.3 is 4.74 Å². The van der Waals surface area contributed by atoms with Crippen LogP contribution in [-0.2, 0) is 9.59 Å². The number of anilines is 1. The van der Waals surface area contributed by atoms with Crippen LogP contribution in [0.4, 0.5) is 5.69 Å². The topological polar surface area (TPSA) is 84.7 Å². The first-order valence-electron chi connectivity index (χ1n) is 7.08. The SMILES string of the molecule is CCC1(CC)Oc2ccc(C)cc2N(CC(=O)NN)C1=O. The van der Waals surface area contributed by atoms with Crippen LogP contribution < -0.4 is 20.9 Å². The van der Waals surface area contributed by atoms with Crippen molar-refractivity contribution in [2.75, 3.05) is 11.4 Å². The number of hydrogen-bond donors (Lipinski definition) is 2. The highest BCUT2D eigenvalue weighted by Gasteiger charge is 2.46. The number of hydrazine groups is 1. The summed E-state index contributed by atoms with van der Waals surface area (Å²) in [6.45, 7) is 5.62. The molecule has 0 saturated carbocycles. The normalized spacial score (nSPS) is 16.2. The summed E-state index contributed by atoms with van der Waals surface area (Å²) in [5.74, 6) is 5.15. The van der Waals surface area contributed by atoms with Crippen LogP contribution in [0.25, 0.3) is 0 Å². The number of fused-ring (bicyclic) bond motifs is 1. The second-order valence-corrected chi connectivity index (χ2v) is 5.23. The summed E-state index contributed by atoms with van der Waals surface area (Å²) in [6, 6.07) is 5.60. The molecule has 0 unspecified atom stereocenters. The van der Waals surface area contributed by atoms with Gasteiger partial charge in [-0.3, -0.25) is 19.9 Å². The molecule has 3 N–H and O–H groups in total. The molecule has 1 aliphatic heterocycles. The van der Waals surface area contributed by atoms with E-state index >= 15 is 0 Å². The van der Waals surface area contributed by atoms with E-state index in [1.807, 2.05) is 39.0 Å². The summed E-state index contributed by atoms with van der Waals surface area (Å²) in [5, 5.41) is 0. The first kappa shape index (κ1) is 15.3. The van der Waals surface area contributed by atoms with Crippen LogP contribution >= 0.6 is 0 Å². The maximum Gasteiger partial charge on any atom is 0.271 e. The average Bonchev–Trinajstić information content (AvgIpc) is 2.50. The van der Waals surface area contributed by atoms with Gasteiger partial charge in [0.25, 0.3) is 11.8 Å². The molecule has 2 rings (SSSR count). The number of hydrogen-bond acceptors (Lipinski definition) is 4. The lowest BCUT2D eigenvalue weighted by Crippen LogP contribution is -2.57. The van der Waals surface area contributed by atoms with Gasteiger partial charge in [-0.05, 0) is 37.5 Å². The summed E-state index contributed by atoms with van der Waals surface area (Å²) >= 11 is 0. The Balaban J connectivity index is 2.52. The molecule has 6 heteroatoms. The Bertz CT molecular complexity index is 567. The summed E-state index contributed by atoms with van der Waals surface area (Å²) in [5.41, 5.74) is 2.75. The summed E-state index contributed by atoms with van der Waals surface area (Å²) in [6.07, 6.45) is 1.08. The largest absolute Gasteiger partial charge is 0.475 e. The minimum Gasteiger partial charge on any atom is -0.475 e. The number of aryl methyl sites for hydroxylation is 1. The third-order valence-electron chi connectivity index (χ3n) is 3.95. The molecule has 0 spiro atoms. The van der Waals surface area contributed by atoms with E-state index < -0.39 is 11.5 Å². The molecule has 1 heterocycles. The Kier molecular flexibility index (Phi) is 4.18. The number of amides is 2. The zero-order chi connectivity index (χ0) is 15.6. The quantitative estimate of drug-likeness (QED) is 0.497. The first-order valence-corrected chi connectivity index (χ1v) is 7.08. The molecule has 2 amide bonds. The number of benzene rings is 1. The van der Waals surface area contributed by atoms with Crippen LogP contribution in [0.1, 0.15) is 32.3 Å². The van der Waals surface area contributed by atoms with E-state index in [0.29, 0.717) is 24.3 Å². The fourth-order valence-electron chi connectivity index (χ4n) is 2.58. The van der Waals surface area contributed by atoms with Crippen molar-refractivity contribution in [1.29, 1.82) is 0 Å². The van der Waals surface area contributed by atoms with Gasteiger partial charge in [0.1, 0.15) is 12.3 Å². The smallest absolute Gasteiger partial charge is 0.271 e. The van der Waals surface area contributed by atoms with Crippen LogP contribution in [0.5, 0.6) is 5.75 Å². The highest BCUT2D eigenvalue weighted by molar-refractivity contribution is 6.06. The predicted molar refractivity (Wildman–Crippen MR) is 79.8 cm³/mol. The lowest BCUT2D eigenvalue weighted by molar-refractivity contribution is -0.137.